The molecule has 2 N–H and O–H groups in total. The first-order valence-corrected chi connectivity index (χ1v) is 2.77. The maximum absolute atomic E-state index is 9.81. The van der Waals surface area contributed by atoms with Crippen molar-refractivity contribution in [3.8, 4) is 0 Å². The molecule has 0 aromatic rings. The molecule has 4 heteroatoms. The molecule has 0 radical (unpaired) electrons. The van der Waals surface area contributed by atoms with Gasteiger partial charge in [0, 0.05) is 0 Å². The minimum atomic E-state index is -0.937. The van der Waals surface area contributed by atoms with Crippen LogP contribution in [0.25, 0.3) is 0 Å². The second kappa shape index (κ2) is 5.53. The van der Waals surface area contributed by atoms with Crippen LogP contribution >= 0.6 is 0 Å². The Morgan fingerprint density at radius 2 is 2.44 bits per heavy atom. The standard InChI is InChI=1S/C5H11NO3/c1-2-6-4-9-3-5(7)8/h6H,2-4H2,1H3,(H,7,8). The molecular formula is C5H11NO3. The molecule has 9 heavy (non-hydrogen) atoms. The maximum Gasteiger partial charge on any atom is 0.329 e. The Balaban J connectivity index is 2.83. The monoisotopic (exact) mass is 133 g/mol. The molecule has 0 unspecified atom stereocenters. The van der Waals surface area contributed by atoms with Gasteiger partial charge >= 0.3 is 5.97 Å². The summed E-state index contributed by atoms with van der Waals surface area (Å²) < 4.78 is 4.62. The Bertz CT molecular complexity index is 84.3. The second-order valence-corrected chi connectivity index (χ2v) is 1.49. The van der Waals surface area contributed by atoms with Gasteiger partial charge in [0.05, 0.1) is 6.73 Å². The third kappa shape index (κ3) is 7.39. The quantitative estimate of drug-likeness (QED) is 0.397. The zero-order chi connectivity index (χ0) is 7.11. The summed E-state index contributed by atoms with van der Waals surface area (Å²) in [6.07, 6.45) is 0. The number of rotatable bonds is 5. The maximum atomic E-state index is 9.81. The number of carboxylic acids is 1. The Kier molecular flexibility index (Phi) is 5.15. The SMILES string of the molecule is CCNCOCC(=O)O. The summed E-state index contributed by atoms with van der Waals surface area (Å²) in [5, 5.41) is 10.9. The summed E-state index contributed by atoms with van der Waals surface area (Å²) >= 11 is 0. The highest BCUT2D eigenvalue weighted by Gasteiger charge is 1.92. The molecule has 0 saturated carbocycles. The Morgan fingerprint density at radius 3 is 2.89 bits per heavy atom. The fraction of sp³-hybridized carbons (Fsp3) is 0.800. The number of carboxylic acid groups (broad SMARTS) is 1. The van der Waals surface area contributed by atoms with Crippen molar-refractivity contribution in [3.63, 3.8) is 0 Å². The Labute approximate surface area is 53.8 Å². The van der Waals surface area contributed by atoms with Crippen molar-refractivity contribution >= 4 is 5.97 Å². The van der Waals surface area contributed by atoms with Crippen LogP contribution < -0.4 is 5.32 Å². The zero-order valence-electron chi connectivity index (χ0n) is 5.39. The molecule has 0 fully saturated rings. The summed E-state index contributed by atoms with van der Waals surface area (Å²) in [5.74, 6) is -0.937. The minimum absolute atomic E-state index is 0.229. The van der Waals surface area contributed by atoms with E-state index in [1.54, 1.807) is 0 Å². The number of carbonyl (C=O) groups is 1. The molecule has 0 heterocycles. The van der Waals surface area contributed by atoms with Crippen LogP contribution in [0.1, 0.15) is 6.92 Å². The van der Waals surface area contributed by atoms with E-state index < -0.39 is 5.97 Å². The van der Waals surface area contributed by atoms with Gasteiger partial charge in [0.25, 0.3) is 0 Å². The second-order valence-electron chi connectivity index (χ2n) is 1.49. The van der Waals surface area contributed by atoms with Crippen LogP contribution in [0.2, 0.25) is 0 Å². The lowest BCUT2D eigenvalue weighted by Gasteiger charge is -1.99. The van der Waals surface area contributed by atoms with Crippen LogP contribution in [0.5, 0.6) is 0 Å². The van der Waals surface area contributed by atoms with Gasteiger partial charge in [-0.25, -0.2) is 4.79 Å². The number of aliphatic carboxylic acids is 1. The van der Waals surface area contributed by atoms with Gasteiger partial charge in [-0.3, -0.25) is 5.32 Å². The van der Waals surface area contributed by atoms with Crippen LogP contribution in [0.3, 0.4) is 0 Å². The van der Waals surface area contributed by atoms with Crippen molar-refractivity contribution in [1.29, 1.82) is 0 Å². The lowest BCUT2D eigenvalue weighted by atomic mass is 10.7. The highest BCUT2D eigenvalue weighted by Crippen LogP contribution is 1.69. The van der Waals surface area contributed by atoms with Gasteiger partial charge in [0.15, 0.2) is 0 Å². The van der Waals surface area contributed by atoms with Gasteiger partial charge in [-0.1, -0.05) is 6.92 Å². The van der Waals surface area contributed by atoms with E-state index >= 15 is 0 Å². The first-order valence-electron chi connectivity index (χ1n) is 2.77. The van der Waals surface area contributed by atoms with Crippen molar-refractivity contribution in [2.24, 2.45) is 0 Å². The van der Waals surface area contributed by atoms with Crippen molar-refractivity contribution < 1.29 is 14.6 Å². The summed E-state index contributed by atoms with van der Waals surface area (Å²) in [6.45, 7) is 2.79. The topological polar surface area (TPSA) is 58.6 Å². The zero-order valence-corrected chi connectivity index (χ0v) is 5.39. The first kappa shape index (κ1) is 8.39. The lowest BCUT2D eigenvalue weighted by molar-refractivity contribution is -0.142. The third-order valence-corrected chi connectivity index (χ3v) is 0.680. The van der Waals surface area contributed by atoms with E-state index in [9.17, 15) is 4.79 Å². The number of hydrogen-bond acceptors (Lipinski definition) is 3. The molecule has 0 aromatic carbocycles. The van der Waals surface area contributed by atoms with E-state index in [-0.39, 0.29) is 6.61 Å². The summed E-state index contributed by atoms with van der Waals surface area (Å²) in [7, 11) is 0. The van der Waals surface area contributed by atoms with Crippen LogP contribution in [-0.2, 0) is 9.53 Å². The van der Waals surface area contributed by atoms with E-state index in [4.69, 9.17) is 5.11 Å². The van der Waals surface area contributed by atoms with Crippen molar-refractivity contribution in [1.82, 2.24) is 5.32 Å². The average molecular weight is 133 g/mol. The van der Waals surface area contributed by atoms with Crippen molar-refractivity contribution in [2.45, 2.75) is 6.92 Å². The lowest BCUT2D eigenvalue weighted by Crippen LogP contribution is -2.19. The van der Waals surface area contributed by atoms with Gasteiger partial charge in [-0.15, -0.1) is 0 Å². The summed E-state index contributed by atoms with van der Waals surface area (Å²) in [6, 6.07) is 0. The molecule has 0 aliphatic heterocycles. The highest BCUT2D eigenvalue weighted by atomic mass is 16.5. The molecule has 54 valence electrons. The predicted molar refractivity (Wildman–Crippen MR) is 32.1 cm³/mol. The molecule has 0 saturated heterocycles. The van der Waals surface area contributed by atoms with E-state index in [1.165, 1.54) is 0 Å². The van der Waals surface area contributed by atoms with Crippen LogP contribution in [0.15, 0.2) is 0 Å². The third-order valence-electron chi connectivity index (χ3n) is 0.680. The molecule has 0 aliphatic carbocycles. The van der Waals surface area contributed by atoms with E-state index in [0.717, 1.165) is 6.54 Å². The number of nitrogens with one attached hydrogen (secondary N) is 1. The largest absolute Gasteiger partial charge is 0.480 e. The average Bonchev–Trinajstić information content (AvgIpc) is 1.80. The number of hydrogen-bond donors (Lipinski definition) is 2. The summed E-state index contributed by atoms with van der Waals surface area (Å²) in [4.78, 5) is 9.81. The fourth-order valence-electron chi connectivity index (χ4n) is 0.313. The molecule has 0 aliphatic rings. The van der Waals surface area contributed by atoms with Gasteiger partial charge in [-0.05, 0) is 6.54 Å². The normalized spacial score (nSPS) is 9.44. The van der Waals surface area contributed by atoms with E-state index in [0.29, 0.717) is 6.73 Å². The fourth-order valence-corrected chi connectivity index (χ4v) is 0.313. The molecule has 4 nitrogen and oxygen atoms in total. The number of ether oxygens (including phenoxy) is 1. The van der Waals surface area contributed by atoms with E-state index in [1.807, 2.05) is 6.92 Å². The molecule has 0 amide bonds. The van der Waals surface area contributed by atoms with Gasteiger partial charge in [0.1, 0.15) is 6.61 Å². The van der Waals surface area contributed by atoms with Gasteiger partial charge in [0.2, 0.25) is 0 Å². The summed E-state index contributed by atoms with van der Waals surface area (Å²) in [5.41, 5.74) is 0. The Morgan fingerprint density at radius 1 is 1.78 bits per heavy atom. The molecule has 0 atom stereocenters. The first-order chi connectivity index (χ1) is 4.27. The van der Waals surface area contributed by atoms with Crippen LogP contribution in [0, 0.1) is 0 Å². The van der Waals surface area contributed by atoms with Crippen LogP contribution in [-0.4, -0.2) is 31.0 Å². The smallest absolute Gasteiger partial charge is 0.329 e. The highest BCUT2D eigenvalue weighted by molar-refractivity contribution is 5.67. The molecule has 0 aromatic heterocycles. The molecular weight excluding hydrogens is 122 g/mol. The van der Waals surface area contributed by atoms with Gasteiger partial charge in [-0.2, -0.15) is 0 Å². The predicted octanol–water partition coefficient (Wildman–Crippen LogP) is -0.345. The molecule has 0 spiro atoms. The van der Waals surface area contributed by atoms with Gasteiger partial charge < -0.3 is 9.84 Å². The molecule has 0 bridgehead atoms. The minimum Gasteiger partial charge on any atom is -0.480 e. The Hall–Kier alpha value is -0.610. The van der Waals surface area contributed by atoms with Crippen molar-refractivity contribution in [2.75, 3.05) is 19.9 Å². The van der Waals surface area contributed by atoms with Crippen molar-refractivity contribution in [3.05, 3.63) is 0 Å². The van der Waals surface area contributed by atoms with E-state index in [2.05, 4.69) is 10.1 Å². The molecule has 0 rings (SSSR count). The van der Waals surface area contributed by atoms with Crippen LogP contribution in [0.4, 0.5) is 0 Å².